The highest BCUT2D eigenvalue weighted by Gasteiger charge is 2.21. The van der Waals surface area contributed by atoms with Crippen molar-refractivity contribution in [3.05, 3.63) is 40.8 Å². The van der Waals surface area contributed by atoms with Gasteiger partial charge in [0.05, 0.1) is 0 Å². The van der Waals surface area contributed by atoms with Crippen molar-refractivity contribution in [2.45, 2.75) is 27.2 Å². The van der Waals surface area contributed by atoms with Gasteiger partial charge in [-0.2, -0.15) is 0 Å². The first-order valence-electron chi connectivity index (χ1n) is 7.10. The second-order valence-electron chi connectivity index (χ2n) is 5.67. The Morgan fingerprint density at radius 2 is 1.86 bits per heavy atom. The van der Waals surface area contributed by atoms with E-state index in [9.17, 15) is 14.7 Å². The number of nitrogens with one attached hydrogen (secondary N) is 1. The number of carboxylic acid groups (broad SMARTS) is 1. The van der Waals surface area contributed by atoms with Gasteiger partial charge in [-0.25, -0.2) is 4.79 Å². The first kappa shape index (κ1) is 16.2. The number of amides is 1. The molecule has 0 aliphatic rings. The highest BCUT2D eigenvalue weighted by Crippen LogP contribution is 2.35. The van der Waals surface area contributed by atoms with Gasteiger partial charge in [-0.05, 0) is 18.4 Å². The number of hydrogen-bond donors (Lipinski definition) is 2. The Bertz CT molecular complexity index is 686. The summed E-state index contributed by atoms with van der Waals surface area (Å²) in [6.07, 6.45) is 0.372. The van der Waals surface area contributed by atoms with Crippen LogP contribution < -0.4 is 5.32 Å². The molecular weight excluding hydrogens is 298 g/mol. The van der Waals surface area contributed by atoms with E-state index >= 15 is 0 Å². The molecule has 1 aromatic carbocycles. The minimum atomic E-state index is -1.03. The third-order valence-corrected chi connectivity index (χ3v) is 4.11. The maximum absolute atomic E-state index is 11.9. The summed E-state index contributed by atoms with van der Waals surface area (Å²) in [4.78, 5) is 23.5. The van der Waals surface area contributed by atoms with Crippen molar-refractivity contribution < 1.29 is 14.7 Å². The van der Waals surface area contributed by atoms with E-state index in [2.05, 4.69) is 5.32 Å². The molecule has 0 bridgehead atoms. The van der Waals surface area contributed by atoms with Gasteiger partial charge in [-0.3, -0.25) is 4.79 Å². The minimum absolute atomic E-state index is 0.158. The fraction of sp³-hybridized carbons (Fsp3) is 0.294. The van der Waals surface area contributed by atoms with Crippen molar-refractivity contribution >= 4 is 28.2 Å². The van der Waals surface area contributed by atoms with Crippen LogP contribution in [0.25, 0.3) is 11.1 Å². The number of aryl methyl sites for hydroxylation is 1. The molecule has 0 saturated carbocycles. The Morgan fingerprint density at radius 1 is 1.23 bits per heavy atom. The molecule has 1 amide bonds. The first-order valence-corrected chi connectivity index (χ1v) is 7.98. The van der Waals surface area contributed by atoms with Crippen LogP contribution in [-0.4, -0.2) is 17.0 Å². The standard InChI is InChI=1S/C17H19NO3S/c1-10(2)8-14(19)18-16-15(17(20)21)13(9-22-16)12-6-4-11(3)5-7-12/h4-7,9-10H,8H2,1-3H3,(H,18,19)(H,20,21). The van der Waals surface area contributed by atoms with E-state index in [0.29, 0.717) is 17.0 Å². The summed E-state index contributed by atoms with van der Waals surface area (Å²) >= 11 is 1.25. The molecule has 0 fully saturated rings. The van der Waals surface area contributed by atoms with Gasteiger partial charge in [0.15, 0.2) is 0 Å². The third kappa shape index (κ3) is 3.74. The van der Waals surface area contributed by atoms with Gasteiger partial charge in [0.1, 0.15) is 10.6 Å². The third-order valence-electron chi connectivity index (χ3n) is 3.21. The lowest BCUT2D eigenvalue weighted by Gasteiger charge is -2.07. The molecule has 0 spiro atoms. The lowest BCUT2D eigenvalue weighted by Crippen LogP contribution is -2.15. The van der Waals surface area contributed by atoms with Crippen LogP contribution in [0.15, 0.2) is 29.6 Å². The molecule has 0 atom stereocenters. The molecule has 116 valence electrons. The smallest absolute Gasteiger partial charge is 0.339 e. The van der Waals surface area contributed by atoms with Gasteiger partial charge in [0.2, 0.25) is 5.91 Å². The zero-order chi connectivity index (χ0) is 16.3. The summed E-state index contributed by atoms with van der Waals surface area (Å²) in [6, 6.07) is 7.67. The van der Waals surface area contributed by atoms with Crippen molar-refractivity contribution in [3.63, 3.8) is 0 Å². The predicted octanol–water partition coefficient (Wildman–Crippen LogP) is 4.41. The van der Waals surface area contributed by atoms with E-state index in [1.54, 1.807) is 5.38 Å². The van der Waals surface area contributed by atoms with Gasteiger partial charge in [-0.1, -0.05) is 43.7 Å². The SMILES string of the molecule is Cc1ccc(-c2csc(NC(=O)CC(C)C)c2C(=O)O)cc1. The van der Waals surface area contributed by atoms with Crippen molar-refractivity contribution in [2.75, 3.05) is 5.32 Å². The van der Waals surface area contributed by atoms with E-state index in [0.717, 1.165) is 11.1 Å². The van der Waals surface area contributed by atoms with Gasteiger partial charge in [-0.15, -0.1) is 11.3 Å². The fourth-order valence-electron chi connectivity index (χ4n) is 2.16. The van der Waals surface area contributed by atoms with Crippen molar-refractivity contribution in [1.82, 2.24) is 0 Å². The predicted molar refractivity (Wildman–Crippen MR) is 89.5 cm³/mol. The largest absolute Gasteiger partial charge is 0.478 e. The number of anilines is 1. The Kier molecular flexibility index (Phi) is 4.98. The molecule has 2 rings (SSSR count). The fourth-order valence-corrected chi connectivity index (χ4v) is 3.13. The Morgan fingerprint density at radius 3 is 2.41 bits per heavy atom. The summed E-state index contributed by atoms with van der Waals surface area (Å²) in [7, 11) is 0. The molecule has 5 heteroatoms. The van der Waals surface area contributed by atoms with Crippen LogP contribution in [0.3, 0.4) is 0 Å². The van der Waals surface area contributed by atoms with Gasteiger partial charge in [0.25, 0.3) is 0 Å². The molecule has 1 heterocycles. The topological polar surface area (TPSA) is 66.4 Å². The van der Waals surface area contributed by atoms with E-state index in [-0.39, 0.29) is 17.4 Å². The molecule has 2 aromatic rings. The average molecular weight is 317 g/mol. The second-order valence-corrected chi connectivity index (χ2v) is 6.55. The summed E-state index contributed by atoms with van der Waals surface area (Å²) in [6.45, 7) is 5.88. The normalized spacial score (nSPS) is 10.7. The number of thiophene rings is 1. The first-order chi connectivity index (χ1) is 10.4. The number of carbonyl (C=O) groups is 2. The van der Waals surface area contributed by atoms with Crippen LogP contribution in [0.4, 0.5) is 5.00 Å². The van der Waals surface area contributed by atoms with Crippen molar-refractivity contribution in [3.8, 4) is 11.1 Å². The Balaban J connectivity index is 2.35. The maximum Gasteiger partial charge on any atom is 0.339 e. The zero-order valence-corrected chi connectivity index (χ0v) is 13.7. The number of hydrogen-bond acceptors (Lipinski definition) is 3. The van der Waals surface area contributed by atoms with Crippen LogP contribution in [0, 0.1) is 12.8 Å². The summed E-state index contributed by atoms with van der Waals surface area (Å²) in [5, 5.41) is 14.4. The quantitative estimate of drug-likeness (QED) is 0.858. The van der Waals surface area contributed by atoms with E-state index < -0.39 is 5.97 Å². The monoisotopic (exact) mass is 317 g/mol. The number of benzene rings is 1. The zero-order valence-electron chi connectivity index (χ0n) is 12.8. The summed E-state index contributed by atoms with van der Waals surface area (Å²) in [5.41, 5.74) is 2.74. The highest BCUT2D eigenvalue weighted by molar-refractivity contribution is 7.15. The number of carboxylic acids is 1. The van der Waals surface area contributed by atoms with Crippen molar-refractivity contribution in [2.24, 2.45) is 5.92 Å². The Hall–Kier alpha value is -2.14. The van der Waals surface area contributed by atoms with E-state index in [1.807, 2.05) is 45.0 Å². The Labute approximate surface area is 133 Å². The summed E-state index contributed by atoms with van der Waals surface area (Å²) < 4.78 is 0. The molecule has 1 aromatic heterocycles. The molecular formula is C17H19NO3S. The maximum atomic E-state index is 11.9. The van der Waals surface area contributed by atoms with Crippen LogP contribution in [0.1, 0.15) is 36.2 Å². The summed E-state index contributed by atoms with van der Waals surface area (Å²) in [5.74, 6) is -0.962. The second kappa shape index (κ2) is 6.75. The van der Waals surface area contributed by atoms with E-state index in [4.69, 9.17) is 0 Å². The van der Waals surface area contributed by atoms with E-state index in [1.165, 1.54) is 11.3 Å². The van der Waals surface area contributed by atoms with Gasteiger partial charge < -0.3 is 10.4 Å². The molecule has 0 aliphatic heterocycles. The lowest BCUT2D eigenvalue weighted by atomic mass is 10.0. The number of rotatable bonds is 5. The highest BCUT2D eigenvalue weighted by atomic mass is 32.1. The van der Waals surface area contributed by atoms with Crippen LogP contribution in [0.5, 0.6) is 0 Å². The molecule has 4 nitrogen and oxygen atoms in total. The number of aromatic carboxylic acids is 1. The molecule has 0 saturated heterocycles. The molecule has 0 unspecified atom stereocenters. The van der Waals surface area contributed by atoms with Crippen molar-refractivity contribution in [1.29, 1.82) is 0 Å². The van der Waals surface area contributed by atoms with Gasteiger partial charge >= 0.3 is 5.97 Å². The van der Waals surface area contributed by atoms with Gasteiger partial charge in [0, 0.05) is 17.4 Å². The van der Waals surface area contributed by atoms with Crippen LogP contribution in [-0.2, 0) is 4.79 Å². The van der Waals surface area contributed by atoms with Crippen LogP contribution in [0.2, 0.25) is 0 Å². The average Bonchev–Trinajstić information content (AvgIpc) is 2.82. The number of carbonyl (C=O) groups excluding carboxylic acids is 1. The molecule has 2 N–H and O–H groups in total. The van der Waals surface area contributed by atoms with Crippen LogP contribution >= 0.6 is 11.3 Å². The minimum Gasteiger partial charge on any atom is -0.478 e. The molecule has 0 aliphatic carbocycles. The molecule has 22 heavy (non-hydrogen) atoms. The molecule has 0 radical (unpaired) electrons. The lowest BCUT2D eigenvalue weighted by molar-refractivity contribution is -0.116.